The van der Waals surface area contributed by atoms with Crippen molar-refractivity contribution in [3.63, 3.8) is 0 Å². The molecule has 0 saturated heterocycles. The highest BCUT2D eigenvalue weighted by molar-refractivity contribution is 7.07. The number of hydrogen-bond donors (Lipinski definition) is 2. The SMILES string of the molecule is COc1cc(C(=O)NC(C)C(C)C(=O)O)ccc1OCc1cscn1. The van der Waals surface area contributed by atoms with Crippen LogP contribution in [-0.2, 0) is 11.4 Å². The van der Waals surface area contributed by atoms with Crippen molar-refractivity contribution in [2.24, 2.45) is 5.92 Å². The number of methoxy groups -OCH3 is 1. The van der Waals surface area contributed by atoms with Crippen molar-refractivity contribution in [3.05, 3.63) is 40.3 Å². The summed E-state index contributed by atoms with van der Waals surface area (Å²) >= 11 is 1.48. The van der Waals surface area contributed by atoms with Gasteiger partial charge in [-0.05, 0) is 32.0 Å². The zero-order chi connectivity index (χ0) is 18.4. The van der Waals surface area contributed by atoms with Gasteiger partial charge in [0.25, 0.3) is 5.91 Å². The molecule has 7 nitrogen and oxygen atoms in total. The lowest BCUT2D eigenvalue weighted by molar-refractivity contribution is -0.141. The Hall–Kier alpha value is -2.61. The first kappa shape index (κ1) is 18.7. The normalized spacial score (nSPS) is 12.9. The predicted octanol–water partition coefficient (Wildman–Crippen LogP) is 2.57. The molecule has 0 radical (unpaired) electrons. The molecule has 0 spiro atoms. The Bertz CT molecular complexity index is 733. The van der Waals surface area contributed by atoms with Gasteiger partial charge in [-0.15, -0.1) is 11.3 Å². The third kappa shape index (κ3) is 4.93. The number of amides is 1. The first-order valence-electron chi connectivity index (χ1n) is 7.64. The van der Waals surface area contributed by atoms with Crippen molar-refractivity contribution in [2.75, 3.05) is 7.11 Å². The summed E-state index contributed by atoms with van der Waals surface area (Å²) in [4.78, 5) is 27.4. The summed E-state index contributed by atoms with van der Waals surface area (Å²) in [6.45, 7) is 3.50. The summed E-state index contributed by atoms with van der Waals surface area (Å²) in [6, 6.07) is 4.30. The van der Waals surface area contributed by atoms with Crippen LogP contribution in [0.1, 0.15) is 29.9 Å². The second-order valence-corrected chi connectivity index (χ2v) is 6.24. The molecule has 2 N–H and O–H groups in total. The van der Waals surface area contributed by atoms with E-state index in [2.05, 4.69) is 10.3 Å². The van der Waals surface area contributed by atoms with Crippen molar-refractivity contribution < 1.29 is 24.2 Å². The number of carbonyl (C=O) groups is 2. The first-order chi connectivity index (χ1) is 11.9. The van der Waals surface area contributed by atoms with Crippen molar-refractivity contribution in [1.82, 2.24) is 10.3 Å². The number of nitrogens with zero attached hydrogens (tertiary/aromatic N) is 1. The summed E-state index contributed by atoms with van der Waals surface area (Å²) in [7, 11) is 1.49. The lowest BCUT2D eigenvalue weighted by Gasteiger charge is -2.18. The molecule has 0 bridgehead atoms. The van der Waals surface area contributed by atoms with Crippen LogP contribution in [0.5, 0.6) is 11.5 Å². The average molecular weight is 364 g/mol. The van der Waals surface area contributed by atoms with Crippen LogP contribution in [0.25, 0.3) is 0 Å². The van der Waals surface area contributed by atoms with E-state index < -0.39 is 17.9 Å². The number of thiazole rings is 1. The zero-order valence-electron chi connectivity index (χ0n) is 14.2. The Morgan fingerprint density at radius 2 is 2.08 bits per heavy atom. The third-order valence-corrected chi connectivity index (χ3v) is 4.42. The van der Waals surface area contributed by atoms with E-state index in [0.717, 1.165) is 5.69 Å². The molecule has 1 amide bonds. The van der Waals surface area contributed by atoms with E-state index in [1.807, 2.05) is 5.38 Å². The van der Waals surface area contributed by atoms with Crippen molar-refractivity contribution >= 4 is 23.2 Å². The van der Waals surface area contributed by atoms with Gasteiger partial charge in [0.1, 0.15) is 6.61 Å². The number of benzene rings is 1. The van der Waals surface area contributed by atoms with Crippen LogP contribution in [0, 0.1) is 5.92 Å². The van der Waals surface area contributed by atoms with Gasteiger partial charge in [0.05, 0.1) is 24.2 Å². The van der Waals surface area contributed by atoms with Gasteiger partial charge in [0.15, 0.2) is 11.5 Å². The molecule has 25 heavy (non-hydrogen) atoms. The topological polar surface area (TPSA) is 97.8 Å². The fourth-order valence-electron chi connectivity index (χ4n) is 2.02. The molecule has 2 rings (SSSR count). The number of hydrogen-bond acceptors (Lipinski definition) is 6. The van der Waals surface area contributed by atoms with E-state index in [1.165, 1.54) is 18.4 Å². The third-order valence-electron chi connectivity index (χ3n) is 3.78. The summed E-state index contributed by atoms with van der Waals surface area (Å²) in [5.41, 5.74) is 2.90. The van der Waals surface area contributed by atoms with Crippen LogP contribution >= 0.6 is 11.3 Å². The fourth-order valence-corrected chi connectivity index (χ4v) is 2.56. The van der Waals surface area contributed by atoms with Crippen LogP contribution < -0.4 is 14.8 Å². The molecule has 8 heteroatoms. The van der Waals surface area contributed by atoms with Crippen molar-refractivity contribution in [3.8, 4) is 11.5 Å². The second kappa shape index (κ2) is 8.48. The summed E-state index contributed by atoms with van der Waals surface area (Å²) in [6.07, 6.45) is 0. The molecule has 1 heterocycles. The smallest absolute Gasteiger partial charge is 0.308 e. The van der Waals surface area contributed by atoms with E-state index in [-0.39, 0.29) is 5.91 Å². The number of carbonyl (C=O) groups excluding carboxylic acids is 1. The van der Waals surface area contributed by atoms with E-state index in [0.29, 0.717) is 23.7 Å². The van der Waals surface area contributed by atoms with Crippen molar-refractivity contribution in [1.29, 1.82) is 0 Å². The minimum absolute atomic E-state index is 0.304. The molecule has 0 aliphatic rings. The van der Waals surface area contributed by atoms with Crippen LogP contribution in [0.2, 0.25) is 0 Å². The van der Waals surface area contributed by atoms with E-state index in [9.17, 15) is 9.59 Å². The standard InChI is InChI=1S/C17H20N2O5S/c1-10(17(21)22)11(2)19-16(20)12-4-5-14(15(6-12)23-3)24-7-13-8-25-9-18-13/h4-6,8-11H,7H2,1-3H3,(H,19,20)(H,21,22). The predicted molar refractivity (Wildman–Crippen MR) is 93.2 cm³/mol. The molecule has 2 aromatic rings. The van der Waals surface area contributed by atoms with Gasteiger partial charge in [-0.25, -0.2) is 4.98 Å². The molecular weight excluding hydrogens is 344 g/mol. The number of carboxylic acids is 1. The molecule has 0 fully saturated rings. The monoisotopic (exact) mass is 364 g/mol. The molecular formula is C17H20N2O5S. The number of ether oxygens (including phenoxy) is 2. The van der Waals surface area contributed by atoms with Gasteiger partial charge in [-0.1, -0.05) is 0 Å². The van der Waals surface area contributed by atoms with Gasteiger partial charge in [0.2, 0.25) is 0 Å². The zero-order valence-corrected chi connectivity index (χ0v) is 15.0. The maximum absolute atomic E-state index is 12.3. The summed E-state index contributed by atoms with van der Waals surface area (Å²) in [5.74, 6) is -1.10. The Kier molecular flexibility index (Phi) is 6.35. The highest BCUT2D eigenvalue weighted by atomic mass is 32.1. The molecule has 1 aromatic heterocycles. The van der Waals surface area contributed by atoms with Gasteiger partial charge >= 0.3 is 5.97 Å². The minimum Gasteiger partial charge on any atom is -0.493 e. The fraction of sp³-hybridized carbons (Fsp3) is 0.353. The number of rotatable bonds is 8. The molecule has 0 aliphatic carbocycles. The average Bonchev–Trinajstić information content (AvgIpc) is 3.12. The van der Waals surface area contributed by atoms with Crippen LogP contribution in [-0.4, -0.2) is 35.1 Å². The Morgan fingerprint density at radius 1 is 1.32 bits per heavy atom. The number of aromatic nitrogens is 1. The summed E-state index contributed by atoms with van der Waals surface area (Å²) in [5, 5.41) is 13.6. The van der Waals surface area contributed by atoms with E-state index in [4.69, 9.17) is 14.6 Å². The number of aliphatic carboxylic acids is 1. The van der Waals surface area contributed by atoms with Gasteiger partial charge < -0.3 is 19.9 Å². The van der Waals surface area contributed by atoms with Gasteiger partial charge in [-0.2, -0.15) is 0 Å². The lowest BCUT2D eigenvalue weighted by atomic mass is 10.0. The molecule has 0 saturated carbocycles. The molecule has 2 atom stereocenters. The lowest BCUT2D eigenvalue weighted by Crippen LogP contribution is -2.40. The van der Waals surface area contributed by atoms with Crippen LogP contribution in [0.3, 0.4) is 0 Å². The Morgan fingerprint density at radius 3 is 2.68 bits per heavy atom. The molecule has 0 aliphatic heterocycles. The van der Waals surface area contributed by atoms with E-state index in [1.54, 1.807) is 37.6 Å². The second-order valence-electron chi connectivity index (χ2n) is 5.52. The quantitative estimate of drug-likeness (QED) is 0.747. The number of carboxylic acid groups (broad SMARTS) is 1. The van der Waals surface area contributed by atoms with Crippen molar-refractivity contribution in [2.45, 2.75) is 26.5 Å². The van der Waals surface area contributed by atoms with Gasteiger partial charge in [-0.3, -0.25) is 9.59 Å². The molecule has 2 unspecified atom stereocenters. The minimum atomic E-state index is -0.962. The Balaban J connectivity index is 2.06. The maximum atomic E-state index is 12.3. The summed E-state index contributed by atoms with van der Waals surface area (Å²) < 4.78 is 10.9. The molecule has 1 aromatic carbocycles. The largest absolute Gasteiger partial charge is 0.493 e. The highest BCUT2D eigenvalue weighted by Gasteiger charge is 2.22. The maximum Gasteiger partial charge on any atom is 0.308 e. The van der Waals surface area contributed by atoms with Gasteiger partial charge in [0, 0.05) is 17.0 Å². The molecule has 134 valence electrons. The van der Waals surface area contributed by atoms with E-state index >= 15 is 0 Å². The van der Waals surface area contributed by atoms with Crippen LogP contribution in [0.15, 0.2) is 29.1 Å². The highest BCUT2D eigenvalue weighted by Crippen LogP contribution is 2.29. The Labute approximate surface area is 149 Å². The first-order valence-corrected chi connectivity index (χ1v) is 8.58. The number of nitrogens with one attached hydrogen (secondary N) is 1. The van der Waals surface area contributed by atoms with Crippen LogP contribution in [0.4, 0.5) is 0 Å².